The van der Waals surface area contributed by atoms with Gasteiger partial charge in [0.25, 0.3) is 0 Å². The van der Waals surface area contributed by atoms with Crippen LogP contribution in [-0.4, -0.2) is 68.3 Å². The van der Waals surface area contributed by atoms with E-state index in [1.807, 2.05) is 31.2 Å². The molecule has 4 atom stereocenters. The molecule has 2 aliphatic carbocycles. The summed E-state index contributed by atoms with van der Waals surface area (Å²) in [4.78, 5) is 17.4. The highest BCUT2D eigenvalue weighted by atomic mass is 16.5. The van der Waals surface area contributed by atoms with Gasteiger partial charge in [-0.05, 0) is 82.2 Å². The molecular weight excluding hydrogens is 364 g/mol. The normalized spacial score (nSPS) is 29.2. The van der Waals surface area contributed by atoms with Gasteiger partial charge in [0.15, 0.2) is 0 Å². The number of hydrogen-bond acceptors (Lipinski definition) is 4. The van der Waals surface area contributed by atoms with Crippen molar-refractivity contribution >= 4 is 5.91 Å². The van der Waals surface area contributed by atoms with Crippen LogP contribution in [0.25, 0.3) is 0 Å². The topological polar surface area (TPSA) is 42.0 Å². The molecule has 4 rings (SSSR count). The average Bonchev–Trinajstić information content (AvgIpc) is 3.44. The summed E-state index contributed by atoms with van der Waals surface area (Å²) >= 11 is 0. The molecule has 1 aromatic carbocycles. The number of carbonyl (C=O) groups excluding carboxylic acids is 1. The third-order valence-corrected chi connectivity index (χ3v) is 6.93. The summed E-state index contributed by atoms with van der Waals surface area (Å²) < 4.78 is 11.9. The van der Waals surface area contributed by atoms with Crippen molar-refractivity contribution < 1.29 is 14.3 Å². The fourth-order valence-electron chi connectivity index (χ4n) is 5.02. The smallest absolute Gasteiger partial charge is 0.227 e. The predicted octanol–water partition coefficient (Wildman–Crippen LogP) is 3.22. The first-order valence-electron chi connectivity index (χ1n) is 11.3. The second-order valence-corrected chi connectivity index (χ2v) is 9.39. The highest BCUT2D eigenvalue weighted by Crippen LogP contribution is 2.40. The van der Waals surface area contributed by atoms with Crippen molar-refractivity contribution in [1.82, 2.24) is 9.80 Å². The van der Waals surface area contributed by atoms with Crippen molar-refractivity contribution in [3.05, 3.63) is 29.8 Å². The van der Waals surface area contributed by atoms with Crippen molar-refractivity contribution in [3.63, 3.8) is 0 Å². The van der Waals surface area contributed by atoms with Crippen molar-refractivity contribution in [2.24, 2.45) is 17.8 Å². The van der Waals surface area contributed by atoms with E-state index in [2.05, 4.69) is 23.9 Å². The number of benzene rings is 1. The van der Waals surface area contributed by atoms with Crippen LogP contribution in [-0.2, 0) is 16.0 Å². The molecule has 1 heterocycles. The molecule has 1 aliphatic heterocycles. The van der Waals surface area contributed by atoms with E-state index in [4.69, 9.17) is 9.47 Å². The second-order valence-electron chi connectivity index (χ2n) is 9.39. The van der Waals surface area contributed by atoms with Crippen molar-refractivity contribution in [1.29, 1.82) is 0 Å². The van der Waals surface area contributed by atoms with Crippen LogP contribution in [0.15, 0.2) is 24.3 Å². The quantitative estimate of drug-likeness (QED) is 0.672. The highest BCUT2D eigenvalue weighted by Gasteiger charge is 2.44. The summed E-state index contributed by atoms with van der Waals surface area (Å²) in [7, 11) is 4.34. The maximum atomic E-state index is 12.9. The van der Waals surface area contributed by atoms with Gasteiger partial charge in [-0.1, -0.05) is 12.1 Å². The van der Waals surface area contributed by atoms with Gasteiger partial charge in [-0.2, -0.15) is 0 Å². The Morgan fingerprint density at radius 3 is 2.41 bits per heavy atom. The monoisotopic (exact) mass is 400 g/mol. The fraction of sp³-hybridized carbons (Fsp3) is 0.708. The van der Waals surface area contributed by atoms with E-state index in [-0.39, 0.29) is 5.91 Å². The molecule has 1 amide bonds. The Balaban J connectivity index is 1.33. The van der Waals surface area contributed by atoms with Crippen molar-refractivity contribution in [2.75, 3.05) is 40.4 Å². The van der Waals surface area contributed by atoms with Crippen LogP contribution >= 0.6 is 0 Å². The lowest BCUT2D eigenvalue weighted by molar-refractivity contribution is -0.129. The number of likely N-dealkylation sites (tertiary alicyclic amines) is 1. The Labute approximate surface area is 175 Å². The molecule has 29 heavy (non-hydrogen) atoms. The number of nitrogens with zero attached hydrogens (tertiary/aromatic N) is 2. The molecule has 5 nitrogen and oxygen atoms in total. The molecule has 1 saturated heterocycles. The summed E-state index contributed by atoms with van der Waals surface area (Å²) in [6, 6.07) is 8.40. The van der Waals surface area contributed by atoms with E-state index in [1.54, 1.807) is 0 Å². The number of likely N-dealkylation sites (N-methyl/N-ethyl adjacent to an activating group) is 1. The lowest BCUT2D eigenvalue weighted by Crippen LogP contribution is -2.48. The predicted molar refractivity (Wildman–Crippen MR) is 114 cm³/mol. The van der Waals surface area contributed by atoms with Gasteiger partial charge < -0.3 is 19.3 Å². The highest BCUT2D eigenvalue weighted by molar-refractivity contribution is 5.79. The first-order chi connectivity index (χ1) is 14.0. The standard InChI is InChI=1S/C24H36N2O3/c1-4-28-21-9-7-17(8-10-21)11-24(27)26-14-19-12-22(25(2)3)23(13-20(19)15-26)29-16-18-5-6-18/h7-10,18-20,22-23H,4-6,11-16H2,1-3H3/t19-,20+,22-,23-/m1/s1. The Kier molecular flexibility index (Phi) is 6.45. The molecule has 0 N–H and O–H groups in total. The zero-order chi connectivity index (χ0) is 20.4. The second kappa shape index (κ2) is 9.05. The summed E-state index contributed by atoms with van der Waals surface area (Å²) in [5.41, 5.74) is 1.06. The van der Waals surface area contributed by atoms with Crippen molar-refractivity contribution in [3.8, 4) is 5.75 Å². The maximum absolute atomic E-state index is 12.9. The van der Waals surface area contributed by atoms with E-state index in [9.17, 15) is 4.79 Å². The minimum Gasteiger partial charge on any atom is -0.494 e. The van der Waals surface area contributed by atoms with Crippen LogP contribution in [0.4, 0.5) is 0 Å². The first-order valence-corrected chi connectivity index (χ1v) is 11.3. The molecule has 0 aromatic heterocycles. The Morgan fingerprint density at radius 1 is 1.10 bits per heavy atom. The van der Waals surface area contributed by atoms with Gasteiger partial charge in [-0.15, -0.1) is 0 Å². The molecule has 0 radical (unpaired) electrons. The average molecular weight is 401 g/mol. The third-order valence-electron chi connectivity index (χ3n) is 6.93. The largest absolute Gasteiger partial charge is 0.494 e. The van der Waals surface area contributed by atoms with Crippen LogP contribution < -0.4 is 4.74 Å². The maximum Gasteiger partial charge on any atom is 0.227 e. The van der Waals surface area contributed by atoms with Gasteiger partial charge in [0.05, 0.1) is 19.1 Å². The number of hydrogen-bond donors (Lipinski definition) is 0. The van der Waals surface area contributed by atoms with Gasteiger partial charge in [0.1, 0.15) is 5.75 Å². The molecule has 0 spiro atoms. The molecule has 1 aromatic rings. The van der Waals surface area contributed by atoms with Crippen LogP contribution in [0, 0.1) is 17.8 Å². The number of amides is 1. The molecule has 2 saturated carbocycles. The lowest BCUT2D eigenvalue weighted by atomic mass is 9.77. The summed E-state index contributed by atoms with van der Waals surface area (Å²) in [5.74, 6) is 3.10. The Bertz CT molecular complexity index is 686. The minimum atomic E-state index is 0.250. The van der Waals surface area contributed by atoms with Gasteiger partial charge in [0, 0.05) is 25.7 Å². The van der Waals surface area contributed by atoms with E-state index >= 15 is 0 Å². The minimum absolute atomic E-state index is 0.250. The molecule has 160 valence electrons. The van der Waals surface area contributed by atoms with Gasteiger partial charge in [-0.25, -0.2) is 0 Å². The fourth-order valence-corrected chi connectivity index (χ4v) is 5.02. The van der Waals surface area contributed by atoms with Gasteiger partial charge in [-0.3, -0.25) is 4.79 Å². The van der Waals surface area contributed by atoms with E-state index in [1.165, 1.54) is 12.8 Å². The molecule has 3 fully saturated rings. The van der Waals surface area contributed by atoms with Crippen LogP contribution in [0.3, 0.4) is 0 Å². The number of ether oxygens (including phenoxy) is 2. The summed E-state index contributed by atoms with van der Waals surface area (Å²) in [5, 5.41) is 0. The third kappa shape index (κ3) is 5.13. The number of fused-ring (bicyclic) bond motifs is 1. The van der Waals surface area contributed by atoms with E-state index in [0.717, 1.165) is 49.8 Å². The van der Waals surface area contributed by atoms with Crippen LogP contribution in [0.5, 0.6) is 5.75 Å². The molecule has 5 heteroatoms. The first kappa shape index (κ1) is 20.7. The lowest BCUT2D eigenvalue weighted by Gasteiger charge is -2.41. The molecule has 0 unspecified atom stereocenters. The molecule has 0 bridgehead atoms. The van der Waals surface area contributed by atoms with Crippen LogP contribution in [0.2, 0.25) is 0 Å². The summed E-state index contributed by atoms with van der Waals surface area (Å²) in [6.45, 7) is 5.36. The number of rotatable bonds is 8. The molecule has 3 aliphatic rings. The summed E-state index contributed by atoms with van der Waals surface area (Å²) in [6.07, 6.45) is 5.68. The van der Waals surface area contributed by atoms with Gasteiger partial charge >= 0.3 is 0 Å². The zero-order valence-electron chi connectivity index (χ0n) is 18.2. The van der Waals surface area contributed by atoms with Crippen molar-refractivity contribution in [2.45, 2.75) is 51.2 Å². The zero-order valence-corrected chi connectivity index (χ0v) is 18.2. The van der Waals surface area contributed by atoms with E-state index in [0.29, 0.717) is 37.0 Å². The van der Waals surface area contributed by atoms with Crippen LogP contribution in [0.1, 0.15) is 38.2 Å². The SMILES string of the molecule is CCOc1ccc(CC(=O)N2C[C@H]3C[C@@H](N(C)C)[C@H](OCC4CC4)C[C@H]3C2)cc1. The molecular formula is C24H36N2O3. The Morgan fingerprint density at radius 2 is 1.79 bits per heavy atom. The number of carbonyl (C=O) groups is 1. The Hall–Kier alpha value is -1.59. The van der Waals surface area contributed by atoms with E-state index < -0.39 is 0 Å². The van der Waals surface area contributed by atoms with Gasteiger partial charge in [0.2, 0.25) is 5.91 Å².